The number of fused-ring (bicyclic) bond motifs is 1. The van der Waals surface area contributed by atoms with Crippen LogP contribution in [0.1, 0.15) is 17.0 Å². The maximum absolute atomic E-state index is 13.2. The van der Waals surface area contributed by atoms with Gasteiger partial charge in [-0.2, -0.15) is 0 Å². The molecule has 0 bridgehead atoms. The molecule has 5 nitrogen and oxygen atoms in total. The molecule has 5 aromatic rings. The molecule has 0 fully saturated rings. The second kappa shape index (κ2) is 9.68. The van der Waals surface area contributed by atoms with Crippen molar-refractivity contribution in [2.45, 2.75) is 5.92 Å². The minimum Gasteiger partial charge on any atom is -0.436 e. The summed E-state index contributed by atoms with van der Waals surface area (Å²) in [6.07, 6.45) is 0. The van der Waals surface area contributed by atoms with Gasteiger partial charge in [-0.1, -0.05) is 72.8 Å². The molecule has 6 heteroatoms. The lowest BCUT2D eigenvalue weighted by Crippen LogP contribution is -2.37. The number of aromatic nitrogens is 1. The van der Waals surface area contributed by atoms with Gasteiger partial charge in [0.1, 0.15) is 5.52 Å². The van der Waals surface area contributed by atoms with Crippen LogP contribution in [0.15, 0.2) is 114 Å². The summed E-state index contributed by atoms with van der Waals surface area (Å²) in [7, 11) is 0. The Bertz CT molecular complexity index is 1360. The van der Waals surface area contributed by atoms with Crippen molar-refractivity contribution in [1.29, 1.82) is 0 Å². The Labute approximate surface area is 202 Å². The monoisotopic (exact) mass is 463 g/mol. The minimum absolute atomic E-state index is 0.196. The zero-order chi connectivity index (χ0) is 23.3. The molecule has 34 heavy (non-hydrogen) atoms. The highest BCUT2D eigenvalue weighted by Gasteiger charge is 2.23. The zero-order valence-corrected chi connectivity index (χ0v) is 19.0. The molecule has 0 unspecified atom stereocenters. The average molecular weight is 464 g/mol. The fraction of sp³-hybridized carbons (Fsp3) is 0.0357. The van der Waals surface area contributed by atoms with E-state index in [-0.39, 0.29) is 11.0 Å². The fourth-order valence-electron chi connectivity index (χ4n) is 3.82. The van der Waals surface area contributed by atoms with Crippen LogP contribution in [0.25, 0.3) is 22.6 Å². The Morgan fingerprint density at radius 1 is 0.765 bits per heavy atom. The van der Waals surface area contributed by atoms with E-state index in [1.54, 1.807) is 0 Å². The minimum atomic E-state index is -0.469. The quantitative estimate of drug-likeness (QED) is 0.307. The number of nitrogens with one attached hydrogen (secondary N) is 2. The van der Waals surface area contributed by atoms with Crippen molar-refractivity contribution in [3.63, 3.8) is 0 Å². The molecule has 0 atom stereocenters. The van der Waals surface area contributed by atoms with E-state index in [0.29, 0.717) is 5.89 Å². The Morgan fingerprint density at radius 2 is 1.35 bits per heavy atom. The van der Waals surface area contributed by atoms with Crippen LogP contribution in [-0.2, 0) is 4.79 Å². The zero-order valence-electron chi connectivity index (χ0n) is 18.1. The predicted molar refractivity (Wildman–Crippen MR) is 139 cm³/mol. The molecule has 1 aromatic heterocycles. The van der Waals surface area contributed by atoms with Gasteiger partial charge >= 0.3 is 0 Å². The highest BCUT2D eigenvalue weighted by Crippen LogP contribution is 2.26. The Balaban J connectivity index is 1.28. The highest BCUT2D eigenvalue weighted by molar-refractivity contribution is 7.80. The maximum atomic E-state index is 13.2. The molecule has 0 aliphatic heterocycles. The third kappa shape index (κ3) is 4.72. The number of benzene rings is 4. The molecule has 5 rings (SSSR count). The van der Waals surface area contributed by atoms with Crippen LogP contribution >= 0.6 is 12.2 Å². The predicted octanol–water partition coefficient (Wildman–Crippen LogP) is 6.14. The van der Waals surface area contributed by atoms with E-state index >= 15 is 0 Å². The first-order chi connectivity index (χ1) is 16.7. The van der Waals surface area contributed by atoms with Gasteiger partial charge in [0, 0.05) is 11.3 Å². The summed E-state index contributed by atoms with van der Waals surface area (Å²) in [5, 5.41) is 6.16. The first kappa shape index (κ1) is 21.6. The van der Waals surface area contributed by atoms with E-state index in [4.69, 9.17) is 16.6 Å². The molecule has 0 aliphatic carbocycles. The van der Waals surface area contributed by atoms with Crippen molar-refractivity contribution < 1.29 is 9.21 Å². The van der Waals surface area contributed by atoms with Gasteiger partial charge in [-0.3, -0.25) is 4.79 Å². The fourth-order valence-corrected chi connectivity index (χ4v) is 4.04. The standard InChI is InChI=1S/C28H21N3O2S/c32-26(25(19-9-3-1-4-10-19)20-11-5-2-6-12-20)31-28(34)29-22-17-15-21(16-18-22)27-30-23-13-7-8-14-24(23)33-27/h1-18,25H,(H2,29,31,32,34). The third-order valence-corrected chi connectivity index (χ3v) is 5.65. The summed E-state index contributed by atoms with van der Waals surface area (Å²) in [6, 6.07) is 34.5. The number of carbonyl (C=O) groups excluding carboxylic acids is 1. The first-order valence-corrected chi connectivity index (χ1v) is 11.3. The summed E-state index contributed by atoms with van der Waals surface area (Å²) in [6.45, 7) is 0. The summed E-state index contributed by atoms with van der Waals surface area (Å²) in [5.74, 6) is -0.112. The van der Waals surface area contributed by atoms with Gasteiger partial charge in [0.15, 0.2) is 10.7 Å². The molecule has 0 aliphatic rings. The van der Waals surface area contributed by atoms with Crippen LogP contribution in [-0.4, -0.2) is 16.0 Å². The number of thiocarbonyl (C=S) groups is 1. The van der Waals surface area contributed by atoms with Crippen molar-refractivity contribution in [2.75, 3.05) is 5.32 Å². The van der Waals surface area contributed by atoms with Gasteiger partial charge in [-0.25, -0.2) is 4.98 Å². The van der Waals surface area contributed by atoms with Crippen LogP contribution in [0.2, 0.25) is 0 Å². The van der Waals surface area contributed by atoms with Gasteiger partial charge in [0.2, 0.25) is 11.8 Å². The largest absolute Gasteiger partial charge is 0.436 e. The van der Waals surface area contributed by atoms with Crippen molar-refractivity contribution in [3.05, 3.63) is 120 Å². The van der Waals surface area contributed by atoms with Crippen molar-refractivity contribution in [2.24, 2.45) is 0 Å². The number of carbonyl (C=O) groups is 1. The van der Waals surface area contributed by atoms with Crippen LogP contribution in [0, 0.1) is 0 Å². The first-order valence-electron chi connectivity index (χ1n) is 10.8. The van der Waals surface area contributed by atoms with E-state index in [0.717, 1.165) is 33.5 Å². The molecule has 0 spiro atoms. The molecule has 0 saturated heterocycles. The van der Waals surface area contributed by atoms with Crippen molar-refractivity contribution in [1.82, 2.24) is 10.3 Å². The summed E-state index contributed by atoms with van der Waals surface area (Å²) in [4.78, 5) is 17.7. The van der Waals surface area contributed by atoms with Gasteiger partial charge in [-0.05, 0) is 59.7 Å². The molecular formula is C28H21N3O2S. The molecule has 4 aromatic carbocycles. The van der Waals surface area contributed by atoms with Gasteiger partial charge < -0.3 is 15.1 Å². The molecular weight excluding hydrogens is 442 g/mol. The number of oxazole rings is 1. The summed E-state index contributed by atoms with van der Waals surface area (Å²) < 4.78 is 5.82. The summed E-state index contributed by atoms with van der Waals surface area (Å²) in [5.41, 5.74) is 4.96. The van der Waals surface area contributed by atoms with E-state index in [1.165, 1.54) is 0 Å². The number of hydrogen-bond donors (Lipinski definition) is 2. The van der Waals surface area contributed by atoms with Gasteiger partial charge in [0.25, 0.3) is 0 Å². The van der Waals surface area contributed by atoms with E-state index in [9.17, 15) is 4.79 Å². The Morgan fingerprint density at radius 3 is 1.97 bits per heavy atom. The number of anilines is 1. The number of hydrogen-bond acceptors (Lipinski definition) is 4. The van der Waals surface area contributed by atoms with Crippen LogP contribution in [0.5, 0.6) is 0 Å². The molecule has 166 valence electrons. The van der Waals surface area contributed by atoms with E-state index in [1.807, 2.05) is 109 Å². The molecule has 2 N–H and O–H groups in total. The second-order valence-corrected chi connectivity index (χ2v) is 8.17. The smallest absolute Gasteiger partial charge is 0.238 e. The molecule has 0 radical (unpaired) electrons. The summed E-state index contributed by atoms with van der Waals surface area (Å²) >= 11 is 5.43. The SMILES string of the molecule is O=C(NC(=S)Nc1ccc(-c2nc3ccccc3o2)cc1)C(c1ccccc1)c1ccccc1. The lowest BCUT2D eigenvalue weighted by molar-refractivity contribution is -0.120. The van der Waals surface area contributed by atoms with Gasteiger partial charge in [0.05, 0.1) is 5.92 Å². The lowest BCUT2D eigenvalue weighted by Gasteiger charge is -2.18. The van der Waals surface area contributed by atoms with Crippen LogP contribution < -0.4 is 10.6 Å². The maximum Gasteiger partial charge on any atom is 0.238 e. The normalized spacial score (nSPS) is 10.9. The third-order valence-electron chi connectivity index (χ3n) is 5.45. The molecule has 1 amide bonds. The highest BCUT2D eigenvalue weighted by atomic mass is 32.1. The number of rotatable bonds is 5. The Hall–Kier alpha value is -4.29. The van der Waals surface area contributed by atoms with Crippen LogP contribution in [0.3, 0.4) is 0 Å². The molecule has 1 heterocycles. The van der Waals surface area contributed by atoms with E-state index in [2.05, 4.69) is 15.6 Å². The molecule has 0 saturated carbocycles. The number of para-hydroxylation sites is 2. The number of nitrogens with zero attached hydrogens (tertiary/aromatic N) is 1. The van der Waals surface area contributed by atoms with Gasteiger partial charge in [-0.15, -0.1) is 0 Å². The van der Waals surface area contributed by atoms with Crippen LogP contribution in [0.4, 0.5) is 5.69 Å². The second-order valence-electron chi connectivity index (χ2n) is 7.76. The van der Waals surface area contributed by atoms with Crippen molar-refractivity contribution >= 4 is 40.0 Å². The average Bonchev–Trinajstić information content (AvgIpc) is 3.30. The van der Waals surface area contributed by atoms with Crippen molar-refractivity contribution in [3.8, 4) is 11.5 Å². The number of amides is 1. The van der Waals surface area contributed by atoms with E-state index < -0.39 is 5.92 Å². The lowest BCUT2D eigenvalue weighted by atomic mass is 9.90. The Kier molecular flexibility index (Phi) is 6.14. The topological polar surface area (TPSA) is 67.2 Å².